The third kappa shape index (κ3) is 5.33. The molecule has 1 atom stereocenters. The number of rotatable bonds is 7. The molecular weight excluding hydrogens is 260 g/mol. The van der Waals surface area contributed by atoms with Crippen LogP contribution in [-0.2, 0) is 6.54 Å². The van der Waals surface area contributed by atoms with E-state index in [9.17, 15) is 0 Å². The molecule has 1 unspecified atom stereocenters. The molecule has 0 radical (unpaired) electrons. The maximum absolute atomic E-state index is 5.98. The lowest BCUT2D eigenvalue weighted by molar-refractivity contribution is 0.164. The van der Waals surface area contributed by atoms with Crippen LogP contribution in [0.25, 0.3) is 0 Å². The highest BCUT2D eigenvalue weighted by Crippen LogP contribution is 2.23. The highest BCUT2D eigenvalue weighted by molar-refractivity contribution is 5.33. The van der Waals surface area contributed by atoms with E-state index in [0.717, 1.165) is 31.4 Å². The zero-order valence-corrected chi connectivity index (χ0v) is 13.8. The lowest BCUT2D eigenvalue weighted by Crippen LogP contribution is -2.38. The number of piperidine rings is 1. The summed E-state index contributed by atoms with van der Waals surface area (Å²) >= 11 is 0. The van der Waals surface area contributed by atoms with Gasteiger partial charge in [-0.2, -0.15) is 0 Å². The molecular formula is C18H30N2O. The zero-order chi connectivity index (χ0) is 15.1. The van der Waals surface area contributed by atoms with E-state index in [1.807, 2.05) is 7.05 Å². The highest BCUT2D eigenvalue weighted by atomic mass is 16.5. The van der Waals surface area contributed by atoms with Gasteiger partial charge in [0.1, 0.15) is 5.75 Å². The van der Waals surface area contributed by atoms with E-state index in [0.29, 0.717) is 5.92 Å². The molecule has 21 heavy (non-hydrogen) atoms. The van der Waals surface area contributed by atoms with Crippen LogP contribution in [0.5, 0.6) is 5.75 Å². The van der Waals surface area contributed by atoms with Crippen molar-refractivity contribution >= 4 is 0 Å². The fourth-order valence-corrected chi connectivity index (χ4v) is 3.02. The number of nitrogens with zero attached hydrogens (tertiary/aromatic N) is 1. The van der Waals surface area contributed by atoms with Crippen molar-refractivity contribution in [3.63, 3.8) is 0 Å². The second kappa shape index (κ2) is 8.40. The quantitative estimate of drug-likeness (QED) is 0.835. The number of hydrogen-bond donors (Lipinski definition) is 1. The molecule has 1 N–H and O–H groups in total. The van der Waals surface area contributed by atoms with Crippen molar-refractivity contribution in [3.05, 3.63) is 29.8 Å². The van der Waals surface area contributed by atoms with Gasteiger partial charge < -0.3 is 10.1 Å². The minimum absolute atomic E-state index is 0.563. The minimum atomic E-state index is 0.563. The summed E-state index contributed by atoms with van der Waals surface area (Å²) in [6, 6.07) is 8.50. The number of benzene rings is 1. The van der Waals surface area contributed by atoms with E-state index >= 15 is 0 Å². The molecule has 1 aliphatic rings. The first-order valence-electron chi connectivity index (χ1n) is 8.26. The van der Waals surface area contributed by atoms with Crippen LogP contribution in [0.3, 0.4) is 0 Å². The minimum Gasteiger partial charge on any atom is -0.493 e. The maximum atomic E-state index is 5.98. The molecule has 0 spiro atoms. The van der Waals surface area contributed by atoms with Crippen LogP contribution in [0.4, 0.5) is 0 Å². The molecule has 0 aliphatic carbocycles. The second-order valence-electron chi connectivity index (χ2n) is 6.61. The Morgan fingerprint density at radius 3 is 2.90 bits per heavy atom. The molecule has 1 heterocycles. The summed E-state index contributed by atoms with van der Waals surface area (Å²) in [5.41, 5.74) is 1.32. The van der Waals surface area contributed by atoms with Crippen molar-refractivity contribution in [3.8, 4) is 5.75 Å². The molecule has 1 fully saturated rings. The van der Waals surface area contributed by atoms with Gasteiger partial charge in [-0.05, 0) is 50.9 Å². The topological polar surface area (TPSA) is 24.5 Å². The Labute approximate surface area is 129 Å². The zero-order valence-electron chi connectivity index (χ0n) is 13.8. The van der Waals surface area contributed by atoms with Gasteiger partial charge in [0.25, 0.3) is 0 Å². The lowest BCUT2D eigenvalue weighted by atomic mass is 9.97. The molecule has 3 heteroatoms. The SMILES string of the molecule is CNCC1CCCN(Cc2ccccc2OCC(C)C)C1. The lowest BCUT2D eigenvalue weighted by Gasteiger charge is -2.33. The van der Waals surface area contributed by atoms with Gasteiger partial charge >= 0.3 is 0 Å². The monoisotopic (exact) mass is 290 g/mol. The number of para-hydroxylation sites is 1. The Kier molecular flexibility index (Phi) is 6.52. The van der Waals surface area contributed by atoms with Crippen molar-refractivity contribution in [2.45, 2.75) is 33.2 Å². The average molecular weight is 290 g/mol. The highest BCUT2D eigenvalue weighted by Gasteiger charge is 2.20. The summed E-state index contributed by atoms with van der Waals surface area (Å²) < 4.78 is 5.98. The smallest absolute Gasteiger partial charge is 0.123 e. The van der Waals surface area contributed by atoms with E-state index in [2.05, 4.69) is 48.3 Å². The first-order valence-corrected chi connectivity index (χ1v) is 8.26. The van der Waals surface area contributed by atoms with Gasteiger partial charge in [-0.1, -0.05) is 32.0 Å². The molecule has 1 saturated heterocycles. The van der Waals surface area contributed by atoms with Crippen LogP contribution in [0, 0.1) is 11.8 Å². The van der Waals surface area contributed by atoms with Gasteiger partial charge in [0.2, 0.25) is 0 Å². The number of ether oxygens (including phenoxy) is 1. The molecule has 0 amide bonds. The van der Waals surface area contributed by atoms with Gasteiger partial charge in [0.05, 0.1) is 6.61 Å². The predicted molar refractivity (Wildman–Crippen MR) is 88.7 cm³/mol. The number of hydrogen-bond acceptors (Lipinski definition) is 3. The van der Waals surface area contributed by atoms with Gasteiger partial charge in [0, 0.05) is 18.7 Å². The number of nitrogens with one attached hydrogen (secondary N) is 1. The third-order valence-electron chi connectivity index (χ3n) is 4.03. The Morgan fingerprint density at radius 2 is 2.14 bits per heavy atom. The maximum Gasteiger partial charge on any atom is 0.123 e. The summed E-state index contributed by atoms with van der Waals surface area (Å²) in [5, 5.41) is 3.31. The Hall–Kier alpha value is -1.06. The van der Waals surface area contributed by atoms with E-state index in [4.69, 9.17) is 4.74 Å². The fraction of sp³-hybridized carbons (Fsp3) is 0.667. The molecule has 1 aromatic rings. The van der Waals surface area contributed by atoms with Crippen LogP contribution in [-0.4, -0.2) is 38.2 Å². The van der Waals surface area contributed by atoms with E-state index in [-0.39, 0.29) is 0 Å². The molecule has 0 aromatic heterocycles. The van der Waals surface area contributed by atoms with Crippen LogP contribution in [0.15, 0.2) is 24.3 Å². The molecule has 1 aromatic carbocycles. The summed E-state index contributed by atoms with van der Waals surface area (Å²) in [5.74, 6) is 2.41. The summed E-state index contributed by atoms with van der Waals surface area (Å²) in [7, 11) is 2.05. The van der Waals surface area contributed by atoms with Crippen molar-refractivity contribution in [1.29, 1.82) is 0 Å². The van der Waals surface area contributed by atoms with Crippen molar-refractivity contribution < 1.29 is 4.74 Å². The second-order valence-corrected chi connectivity index (χ2v) is 6.61. The average Bonchev–Trinajstić information content (AvgIpc) is 2.47. The molecule has 0 saturated carbocycles. The summed E-state index contributed by atoms with van der Waals surface area (Å²) in [6.45, 7) is 9.71. The Balaban J connectivity index is 1.95. The standard InChI is InChI=1S/C18H30N2O/c1-15(2)14-21-18-9-5-4-8-17(18)13-20-10-6-7-16(12-20)11-19-3/h4-5,8-9,15-16,19H,6-7,10-14H2,1-3H3. The Bertz CT molecular complexity index is 417. The van der Waals surface area contributed by atoms with Gasteiger partial charge in [-0.3, -0.25) is 4.90 Å². The van der Waals surface area contributed by atoms with E-state index in [1.165, 1.54) is 31.5 Å². The van der Waals surface area contributed by atoms with Crippen LogP contribution < -0.4 is 10.1 Å². The fourth-order valence-electron chi connectivity index (χ4n) is 3.02. The molecule has 118 valence electrons. The van der Waals surface area contributed by atoms with Crippen LogP contribution in [0.1, 0.15) is 32.3 Å². The van der Waals surface area contributed by atoms with Gasteiger partial charge in [-0.15, -0.1) is 0 Å². The first kappa shape index (κ1) is 16.3. The van der Waals surface area contributed by atoms with Crippen molar-refractivity contribution in [2.75, 3.05) is 33.3 Å². The van der Waals surface area contributed by atoms with E-state index in [1.54, 1.807) is 0 Å². The normalized spacial score (nSPS) is 19.9. The Morgan fingerprint density at radius 1 is 1.33 bits per heavy atom. The van der Waals surface area contributed by atoms with Crippen LogP contribution in [0.2, 0.25) is 0 Å². The third-order valence-corrected chi connectivity index (χ3v) is 4.03. The predicted octanol–water partition coefficient (Wildman–Crippen LogP) is 3.15. The van der Waals surface area contributed by atoms with Crippen LogP contribution >= 0.6 is 0 Å². The molecule has 0 bridgehead atoms. The summed E-state index contributed by atoms with van der Waals surface area (Å²) in [6.07, 6.45) is 2.66. The number of likely N-dealkylation sites (tertiary alicyclic amines) is 1. The van der Waals surface area contributed by atoms with Crippen molar-refractivity contribution in [2.24, 2.45) is 11.8 Å². The van der Waals surface area contributed by atoms with Gasteiger partial charge in [0.15, 0.2) is 0 Å². The molecule has 3 nitrogen and oxygen atoms in total. The van der Waals surface area contributed by atoms with Gasteiger partial charge in [-0.25, -0.2) is 0 Å². The summed E-state index contributed by atoms with van der Waals surface area (Å²) in [4.78, 5) is 2.57. The molecule has 2 rings (SSSR count). The van der Waals surface area contributed by atoms with E-state index < -0.39 is 0 Å². The van der Waals surface area contributed by atoms with Crippen molar-refractivity contribution in [1.82, 2.24) is 10.2 Å². The first-order chi connectivity index (χ1) is 10.2. The largest absolute Gasteiger partial charge is 0.493 e. The molecule has 1 aliphatic heterocycles.